The number of nitrogens with zero attached hydrogens (tertiary/aromatic N) is 2. The summed E-state index contributed by atoms with van der Waals surface area (Å²) in [6, 6.07) is 0. The lowest BCUT2D eigenvalue weighted by Crippen LogP contribution is -2.27. The molecule has 84 valence electrons. The Morgan fingerprint density at radius 3 is 2.80 bits per heavy atom. The summed E-state index contributed by atoms with van der Waals surface area (Å²) in [5.74, 6) is -4.18. The summed E-state index contributed by atoms with van der Waals surface area (Å²) in [4.78, 5) is 11.1. The van der Waals surface area contributed by atoms with Crippen LogP contribution in [-0.4, -0.2) is 29.4 Å². The molecule has 1 heterocycles. The van der Waals surface area contributed by atoms with E-state index in [2.05, 4.69) is 9.84 Å². The summed E-state index contributed by atoms with van der Waals surface area (Å²) in [7, 11) is 2.53. The molecular formula is C8H11F2N3O2. The number of carbonyl (C=O) groups excluding carboxylic acids is 1. The minimum Gasteiger partial charge on any atom is -0.464 e. The van der Waals surface area contributed by atoms with Crippen molar-refractivity contribution in [3.63, 3.8) is 0 Å². The molecule has 0 aromatic carbocycles. The molecular weight excluding hydrogens is 208 g/mol. The average Bonchev–Trinajstić information content (AvgIpc) is 2.60. The van der Waals surface area contributed by atoms with Crippen LogP contribution in [0.1, 0.15) is 16.1 Å². The van der Waals surface area contributed by atoms with E-state index in [1.165, 1.54) is 7.05 Å². The molecule has 0 fully saturated rings. The topological polar surface area (TPSA) is 70.1 Å². The van der Waals surface area contributed by atoms with Gasteiger partial charge in [-0.2, -0.15) is 13.9 Å². The van der Waals surface area contributed by atoms with Crippen molar-refractivity contribution >= 4 is 5.97 Å². The lowest BCUT2D eigenvalue weighted by atomic mass is 10.1. The Hall–Kier alpha value is -1.50. The fourth-order valence-electron chi connectivity index (χ4n) is 1.11. The maximum absolute atomic E-state index is 13.3. The van der Waals surface area contributed by atoms with Gasteiger partial charge in [0.25, 0.3) is 5.92 Å². The Bertz CT molecular complexity index is 376. The summed E-state index contributed by atoms with van der Waals surface area (Å²) in [5.41, 5.74) is 4.00. The Balaban J connectivity index is 3.23. The summed E-state index contributed by atoms with van der Waals surface area (Å²) >= 11 is 0. The molecule has 7 heteroatoms. The molecule has 15 heavy (non-hydrogen) atoms. The lowest BCUT2D eigenvalue weighted by Gasteiger charge is -2.12. The Morgan fingerprint density at radius 2 is 2.33 bits per heavy atom. The zero-order valence-corrected chi connectivity index (χ0v) is 8.33. The molecule has 0 saturated heterocycles. The van der Waals surface area contributed by atoms with Crippen molar-refractivity contribution in [2.75, 3.05) is 13.7 Å². The first-order valence-corrected chi connectivity index (χ1v) is 4.12. The molecule has 0 saturated carbocycles. The van der Waals surface area contributed by atoms with Crippen LogP contribution in [0, 0.1) is 0 Å². The number of ether oxygens (including phenoxy) is 1. The second kappa shape index (κ2) is 3.93. The number of aryl methyl sites for hydroxylation is 1. The lowest BCUT2D eigenvalue weighted by molar-refractivity contribution is 0.00386. The van der Waals surface area contributed by atoms with Crippen LogP contribution in [-0.2, 0) is 17.7 Å². The van der Waals surface area contributed by atoms with E-state index in [9.17, 15) is 13.6 Å². The fraction of sp³-hybridized carbons (Fsp3) is 0.500. The van der Waals surface area contributed by atoms with Gasteiger partial charge in [-0.05, 0) is 0 Å². The van der Waals surface area contributed by atoms with Gasteiger partial charge in [0.2, 0.25) is 0 Å². The highest BCUT2D eigenvalue weighted by atomic mass is 19.3. The smallest absolute Gasteiger partial charge is 0.359 e. The number of rotatable bonds is 3. The number of halogens is 2. The number of nitrogens with two attached hydrogens (primary N) is 1. The van der Waals surface area contributed by atoms with Crippen LogP contribution >= 0.6 is 0 Å². The van der Waals surface area contributed by atoms with Crippen molar-refractivity contribution in [3.05, 3.63) is 17.5 Å². The van der Waals surface area contributed by atoms with Gasteiger partial charge in [-0.25, -0.2) is 4.79 Å². The third-order valence-corrected chi connectivity index (χ3v) is 1.86. The third-order valence-electron chi connectivity index (χ3n) is 1.86. The van der Waals surface area contributed by atoms with Crippen LogP contribution < -0.4 is 5.73 Å². The first-order chi connectivity index (χ1) is 6.92. The van der Waals surface area contributed by atoms with Crippen molar-refractivity contribution in [1.29, 1.82) is 0 Å². The maximum Gasteiger partial charge on any atom is 0.359 e. The predicted molar refractivity (Wildman–Crippen MR) is 47.5 cm³/mol. The zero-order chi connectivity index (χ0) is 11.6. The van der Waals surface area contributed by atoms with Crippen LogP contribution in [0.3, 0.4) is 0 Å². The molecule has 1 aromatic heterocycles. The number of hydrogen-bond acceptors (Lipinski definition) is 4. The summed E-state index contributed by atoms with van der Waals surface area (Å²) < 4.78 is 32.0. The van der Waals surface area contributed by atoms with Gasteiger partial charge >= 0.3 is 5.97 Å². The predicted octanol–water partition coefficient (Wildman–Crippen LogP) is 0.257. The minimum absolute atomic E-state index is 0.407. The number of aromatic nitrogens is 2. The van der Waals surface area contributed by atoms with Crippen molar-refractivity contribution in [3.8, 4) is 0 Å². The van der Waals surface area contributed by atoms with Crippen LogP contribution in [0.4, 0.5) is 8.78 Å². The molecule has 0 aliphatic rings. The Labute approximate surface area is 84.8 Å². The first-order valence-electron chi connectivity index (χ1n) is 4.12. The van der Waals surface area contributed by atoms with Gasteiger partial charge in [-0.3, -0.25) is 4.68 Å². The summed E-state index contributed by atoms with van der Waals surface area (Å²) in [5, 5.41) is 3.60. The molecule has 1 rings (SSSR count). The van der Waals surface area contributed by atoms with E-state index in [0.717, 1.165) is 18.0 Å². The molecule has 1 aromatic rings. The summed E-state index contributed by atoms with van der Waals surface area (Å²) in [6.07, 6.45) is 1.05. The van der Waals surface area contributed by atoms with Crippen LogP contribution in [0.5, 0.6) is 0 Å². The fourth-order valence-corrected chi connectivity index (χ4v) is 1.11. The number of carbonyl (C=O) groups is 1. The van der Waals surface area contributed by atoms with Gasteiger partial charge in [0.1, 0.15) is 0 Å². The number of esters is 1. The van der Waals surface area contributed by atoms with Crippen LogP contribution in [0.2, 0.25) is 0 Å². The standard InChI is InChI=1S/C8H11F2N3O2/c1-13-3-5(8(9,10)4-11)6(12-13)7(14)15-2/h3H,4,11H2,1-2H3. The first kappa shape index (κ1) is 11.6. The van der Waals surface area contributed by atoms with Crippen molar-refractivity contribution in [2.24, 2.45) is 12.8 Å². The highest BCUT2D eigenvalue weighted by Crippen LogP contribution is 2.29. The molecule has 0 spiro atoms. The van der Waals surface area contributed by atoms with E-state index < -0.39 is 29.7 Å². The second-order valence-corrected chi connectivity index (χ2v) is 2.97. The van der Waals surface area contributed by atoms with Gasteiger partial charge in [0, 0.05) is 13.2 Å². The van der Waals surface area contributed by atoms with Crippen molar-refractivity contribution in [2.45, 2.75) is 5.92 Å². The molecule has 0 unspecified atom stereocenters. The molecule has 2 N–H and O–H groups in total. The zero-order valence-electron chi connectivity index (χ0n) is 8.33. The van der Waals surface area contributed by atoms with Gasteiger partial charge in [0.05, 0.1) is 19.2 Å². The maximum atomic E-state index is 13.3. The molecule has 0 amide bonds. The highest BCUT2D eigenvalue weighted by molar-refractivity contribution is 5.89. The SMILES string of the molecule is COC(=O)c1nn(C)cc1C(F)(F)CN. The van der Waals surface area contributed by atoms with E-state index in [1.807, 2.05) is 0 Å². The molecule has 0 aliphatic carbocycles. The Morgan fingerprint density at radius 1 is 1.73 bits per heavy atom. The quantitative estimate of drug-likeness (QED) is 0.740. The molecule has 5 nitrogen and oxygen atoms in total. The summed E-state index contributed by atoms with van der Waals surface area (Å²) in [6.45, 7) is -0.886. The molecule has 0 aliphatic heterocycles. The van der Waals surface area contributed by atoms with Gasteiger partial charge in [0.15, 0.2) is 5.69 Å². The largest absolute Gasteiger partial charge is 0.464 e. The van der Waals surface area contributed by atoms with E-state index >= 15 is 0 Å². The number of methoxy groups -OCH3 is 1. The molecule has 0 atom stereocenters. The van der Waals surface area contributed by atoms with Gasteiger partial charge in [-0.1, -0.05) is 0 Å². The minimum atomic E-state index is -3.28. The Kier molecular flexibility index (Phi) is 3.04. The monoisotopic (exact) mass is 219 g/mol. The third kappa shape index (κ3) is 2.12. The van der Waals surface area contributed by atoms with E-state index in [1.54, 1.807) is 0 Å². The second-order valence-electron chi connectivity index (χ2n) is 2.97. The van der Waals surface area contributed by atoms with Gasteiger partial charge < -0.3 is 10.5 Å². The van der Waals surface area contributed by atoms with E-state index in [4.69, 9.17) is 5.73 Å². The van der Waals surface area contributed by atoms with Crippen molar-refractivity contribution in [1.82, 2.24) is 9.78 Å². The molecule has 0 bridgehead atoms. The number of hydrogen-bond donors (Lipinski definition) is 1. The van der Waals surface area contributed by atoms with Crippen LogP contribution in [0.25, 0.3) is 0 Å². The average molecular weight is 219 g/mol. The normalized spacial score (nSPS) is 11.5. The number of alkyl halides is 2. The molecule has 0 radical (unpaired) electrons. The van der Waals surface area contributed by atoms with Gasteiger partial charge in [-0.15, -0.1) is 0 Å². The van der Waals surface area contributed by atoms with Crippen molar-refractivity contribution < 1.29 is 18.3 Å². The van der Waals surface area contributed by atoms with Crippen LogP contribution in [0.15, 0.2) is 6.20 Å². The van der Waals surface area contributed by atoms with E-state index in [0.29, 0.717) is 0 Å². The van der Waals surface area contributed by atoms with E-state index in [-0.39, 0.29) is 0 Å². The highest BCUT2D eigenvalue weighted by Gasteiger charge is 2.37.